The Morgan fingerprint density at radius 2 is 1.55 bits per heavy atom. The zero-order chi connectivity index (χ0) is 21.6. The summed E-state index contributed by atoms with van der Waals surface area (Å²) in [6.45, 7) is 5.18. The van der Waals surface area contributed by atoms with Crippen molar-refractivity contribution >= 4 is 5.95 Å². The average Bonchev–Trinajstić information content (AvgIpc) is 2.81. The Kier molecular flexibility index (Phi) is 6.67. The van der Waals surface area contributed by atoms with Gasteiger partial charge in [0.1, 0.15) is 0 Å². The Morgan fingerprint density at radius 1 is 0.968 bits per heavy atom. The Bertz CT molecular complexity index is 989. The Balaban J connectivity index is 1.51. The number of anilines is 1. The molecule has 1 fully saturated rings. The molecule has 2 heterocycles. The van der Waals surface area contributed by atoms with Crippen molar-refractivity contribution in [3.63, 3.8) is 0 Å². The van der Waals surface area contributed by atoms with E-state index in [1.165, 1.54) is 11.1 Å². The molecule has 0 aliphatic carbocycles. The Hall–Kier alpha value is -3.12. The highest BCUT2D eigenvalue weighted by Gasteiger charge is 2.27. The first-order valence-electron chi connectivity index (χ1n) is 11.1. The number of piperazine rings is 1. The van der Waals surface area contributed by atoms with E-state index in [2.05, 4.69) is 70.3 Å². The van der Waals surface area contributed by atoms with Crippen LogP contribution in [0.25, 0.3) is 0 Å². The number of unbranched alkanes of at least 4 members (excludes halogenated alkanes) is 1. The van der Waals surface area contributed by atoms with E-state index in [9.17, 15) is 9.90 Å². The van der Waals surface area contributed by atoms with Crippen molar-refractivity contribution in [2.24, 2.45) is 0 Å². The van der Waals surface area contributed by atoms with E-state index in [-0.39, 0.29) is 17.5 Å². The fraction of sp³-hybridized carbons (Fsp3) is 0.360. The summed E-state index contributed by atoms with van der Waals surface area (Å²) >= 11 is 0. The van der Waals surface area contributed by atoms with Crippen LogP contribution in [0.3, 0.4) is 0 Å². The minimum absolute atomic E-state index is 0.138. The van der Waals surface area contributed by atoms with E-state index in [0.717, 1.165) is 39.0 Å². The standard InChI is InChI=1S/C25H30N4O2/c1-2-3-14-21-23(30)26-25(27-24(21)31)29-17-15-28(16-18-29)22(19-10-6-4-7-11-19)20-12-8-5-9-13-20/h4-13,22H,2-3,14-18H2,1H3,(H2,26,27,30,31). The predicted octanol–water partition coefficient (Wildman–Crippen LogP) is 3.73. The van der Waals surface area contributed by atoms with Gasteiger partial charge >= 0.3 is 0 Å². The zero-order valence-electron chi connectivity index (χ0n) is 18.0. The maximum absolute atomic E-state index is 12.5. The number of hydrogen-bond donors (Lipinski definition) is 2. The van der Waals surface area contributed by atoms with Crippen LogP contribution in [0, 0.1) is 0 Å². The molecule has 2 aromatic carbocycles. The molecule has 1 aliphatic heterocycles. The summed E-state index contributed by atoms with van der Waals surface area (Å²) in [5, 5.41) is 10.3. The van der Waals surface area contributed by atoms with Crippen molar-refractivity contribution < 1.29 is 5.11 Å². The first-order valence-corrected chi connectivity index (χ1v) is 11.1. The number of aromatic amines is 1. The van der Waals surface area contributed by atoms with Gasteiger partial charge in [-0.2, -0.15) is 4.98 Å². The molecular formula is C25H30N4O2. The van der Waals surface area contributed by atoms with Crippen LogP contribution in [-0.2, 0) is 6.42 Å². The van der Waals surface area contributed by atoms with Crippen molar-refractivity contribution in [3.8, 4) is 5.88 Å². The minimum Gasteiger partial charge on any atom is -0.493 e. The largest absolute Gasteiger partial charge is 0.493 e. The smallest absolute Gasteiger partial charge is 0.259 e. The summed E-state index contributed by atoms with van der Waals surface area (Å²) in [6, 6.07) is 21.3. The van der Waals surface area contributed by atoms with Crippen LogP contribution in [0.4, 0.5) is 5.95 Å². The quantitative estimate of drug-likeness (QED) is 0.612. The number of nitrogens with one attached hydrogen (secondary N) is 1. The number of aromatic nitrogens is 2. The second kappa shape index (κ2) is 9.79. The molecule has 162 valence electrons. The number of hydrogen-bond acceptors (Lipinski definition) is 5. The van der Waals surface area contributed by atoms with E-state index in [1.54, 1.807) is 0 Å². The lowest BCUT2D eigenvalue weighted by Gasteiger charge is -2.40. The van der Waals surface area contributed by atoms with Crippen LogP contribution in [0.5, 0.6) is 5.88 Å². The van der Waals surface area contributed by atoms with Crippen LogP contribution >= 0.6 is 0 Å². The van der Waals surface area contributed by atoms with E-state index >= 15 is 0 Å². The molecule has 6 nitrogen and oxygen atoms in total. The third kappa shape index (κ3) is 4.80. The molecule has 4 rings (SSSR count). The lowest BCUT2D eigenvalue weighted by molar-refractivity contribution is 0.211. The van der Waals surface area contributed by atoms with Crippen LogP contribution < -0.4 is 10.5 Å². The molecule has 1 aromatic heterocycles. The molecule has 6 heteroatoms. The Labute approximate surface area is 183 Å². The lowest BCUT2D eigenvalue weighted by Crippen LogP contribution is -2.48. The number of benzene rings is 2. The molecule has 0 atom stereocenters. The molecule has 3 aromatic rings. The van der Waals surface area contributed by atoms with Gasteiger partial charge in [-0.05, 0) is 24.0 Å². The van der Waals surface area contributed by atoms with E-state index < -0.39 is 0 Å². The van der Waals surface area contributed by atoms with Crippen molar-refractivity contribution in [2.45, 2.75) is 32.2 Å². The van der Waals surface area contributed by atoms with Crippen LogP contribution in [0.1, 0.15) is 42.5 Å². The molecule has 1 saturated heterocycles. The van der Waals surface area contributed by atoms with Crippen LogP contribution in [0.15, 0.2) is 65.5 Å². The van der Waals surface area contributed by atoms with Crippen molar-refractivity contribution in [1.29, 1.82) is 0 Å². The minimum atomic E-state index is -0.232. The van der Waals surface area contributed by atoms with E-state index in [0.29, 0.717) is 17.9 Å². The fourth-order valence-corrected chi connectivity index (χ4v) is 4.28. The summed E-state index contributed by atoms with van der Waals surface area (Å²) < 4.78 is 0. The Morgan fingerprint density at radius 3 is 2.06 bits per heavy atom. The number of rotatable bonds is 7. The highest BCUT2D eigenvalue weighted by Crippen LogP contribution is 2.30. The molecule has 0 amide bonds. The SMILES string of the molecule is CCCCc1c(O)nc(N2CCN(C(c3ccccc3)c3ccccc3)CC2)[nH]c1=O. The number of nitrogens with zero attached hydrogens (tertiary/aromatic N) is 3. The van der Waals surface area contributed by atoms with Gasteiger partial charge in [-0.25, -0.2) is 0 Å². The zero-order valence-corrected chi connectivity index (χ0v) is 18.0. The van der Waals surface area contributed by atoms with Gasteiger partial charge in [-0.1, -0.05) is 74.0 Å². The summed E-state index contributed by atoms with van der Waals surface area (Å²) in [7, 11) is 0. The first kappa shape index (κ1) is 21.1. The lowest BCUT2D eigenvalue weighted by atomic mass is 9.96. The normalized spacial score (nSPS) is 14.8. The van der Waals surface area contributed by atoms with Gasteiger partial charge < -0.3 is 10.0 Å². The van der Waals surface area contributed by atoms with Gasteiger partial charge in [0.05, 0.1) is 11.6 Å². The van der Waals surface area contributed by atoms with Gasteiger partial charge in [-0.15, -0.1) is 0 Å². The van der Waals surface area contributed by atoms with Gasteiger partial charge in [-0.3, -0.25) is 14.7 Å². The number of aromatic hydroxyl groups is 1. The highest BCUT2D eigenvalue weighted by atomic mass is 16.3. The van der Waals surface area contributed by atoms with E-state index in [4.69, 9.17) is 0 Å². The molecule has 1 aliphatic rings. The third-order valence-corrected chi connectivity index (χ3v) is 5.97. The molecule has 0 saturated carbocycles. The molecule has 0 unspecified atom stereocenters. The second-order valence-corrected chi connectivity index (χ2v) is 8.04. The maximum atomic E-state index is 12.5. The molecule has 2 N–H and O–H groups in total. The molecule has 0 radical (unpaired) electrons. The summed E-state index contributed by atoms with van der Waals surface area (Å²) in [5.74, 6) is 0.319. The van der Waals surface area contributed by atoms with Crippen molar-refractivity contribution in [2.75, 3.05) is 31.1 Å². The summed E-state index contributed by atoms with van der Waals surface area (Å²) in [5.41, 5.74) is 2.69. The monoisotopic (exact) mass is 418 g/mol. The molecule has 0 bridgehead atoms. The molecular weight excluding hydrogens is 388 g/mol. The first-order chi connectivity index (χ1) is 15.2. The molecule has 31 heavy (non-hydrogen) atoms. The average molecular weight is 419 g/mol. The predicted molar refractivity (Wildman–Crippen MR) is 124 cm³/mol. The van der Waals surface area contributed by atoms with Gasteiger partial charge in [0, 0.05) is 26.2 Å². The third-order valence-electron chi connectivity index (χ3n) is 5.97. The topological polar surface area (TPSA) is 72.5 Å². The van der Waals surface area contributed by atoms with Gasteiger partial charge in [0.2, 0.25) is 11.8 Å². The maximum Gasteiger partial charge on any atom is 0.259 e. The summed E-state index contributed by atoms with van der Waals surface area (Å²) in [4.78, 5) is 24.2. The van der Waals surface area contributed by atoms with E-state index in [1.807, 2.05) is 17.0 Å². The highest BCUT2D eigenvalue weighted by molar-refractivity contribution is 5.37. The van der Waals surface area contributed by atoms with Crippen LogP contribution in [-0.4, -0.2) is 46.2 Å². The van der Waals surface area contributed by atoms with Crippen molar-refractivity contribution in [3.05, 3.63) is 87.7 Å². The van der Waals surface area contributed by atoms with Gasteiger partial charge in [0.15, 0.2) is 0 Å². The van der Waals surface area contributed by atoms with Crippen molar-refractivity contribution in [1.82, 2.24) is 14.9 Å². The number of H-pyrrole nitrogens is 1. The second-order valence-electron chi connectivity index (χ2n) is 8.04. The fourth-order valence-electron chi connectivity index (χ4n) is 4.28. The summed E-state index contributed by atoms with van der Waals surface area (Å²) in [6.07, 6.45) is 2.37. The molecule has 0 spiro atoms. The van der Waals surface area contributed by atoms with Crippen LogP contribution in [0.2, 0.25) is 0 Å². The van der Waals surface area contributed by atoms with Gasteiger partial charge in [0.25, 0.3) is 5.56 Å².